The highest BCUT2D eigenvalue weighted by Crippen LogP contribution is 2.38. The van der Waals surface area contributed by atoms with Crippen molar-refractivity contribution in [2.45, 2.75) is 164 Å². The topological polar surface area (TPSA) is 299 Å². The van der Waals surface area contributed by atoms with Gasteiger partial charge in [0.1, 0.15) is 23.9 Å². The number of aliphatic carboxylic acids is 1. The number of hydrogen-bond donors (Lipinski definition) is 11. The third-order valence-corrected chi connectivity index (χ3v) is 11.8. The summed E-state index contributed by atoms with van der Waals surface area (Å²) in [5.74, 6) is -7.01. The second kappa shape index (κ2) is 27.0. The standard InChI is InChI=1S/C47H71NO16/c1-28-18-15-13-11-9-7-5-6-8-10-12-14-16-19-34(63-46-44(57)41(48)43(56)31(4)62-46)26-38-40(45(58)59)37(53)27-47(60,64-38)23-17-20-35(51)36(52)22-21-32(49)24-33(50)25-39(54)61-30(3)29(2)42(28)55/h5-16,18-19,25,28-32,34-38,40-44,46,49-53,55-57,60H,17,20-24,26-27,48H2,1-4H3,(H,58,59)/b6-5+,9-7+,10-8+,13-11+,14-12+,18-15+,19-16+,33-25-/t28-,29-,30-,31?,32+,34-,35+,36+,37-,38-,40+,41?,42+,43?,44?,46?,47+/m0/s1. The minimum absolute atomic E-state index is 0.0522. The Morgan fingerprint density at radius 2 is 1.31 bits per heavy atom. The first-order valence-corrected chi connectivity index (χ1v) is 22.0. The van der Waals surface area contributed by atoms with Crippen molar-refractivity contribution < 1.29 is 79.6 Å². The van der Waals surface area contributed by atoms with Gasteiger partial charge in [-0.15, -0.1) is 0 Å². The third-order valence-electron chi connectivity index (χ3n) is 11.8. The highest BCUT2D eigenvalue weighted by Gasteiger charge is 2.50. The normalized spacial score (nSPS) is 44.4. The van der Waals surface area contributed by atoms with Crippen LogP contribution in [0.4, 0.5) is 0 Å². The summed E-state index contributed by atoms with van der Waals surface area (Å²) in [6.45, 7) is 6.74. The molecule has 17 heteroatoms. The van der Waals surface area contributed by atoms with Crippen LogP contribution in [0.5, 0.6) is 0 Å². The van der Waals surface area contributed by atoms with Crippen molar-refractivity contribution in [3.8, 4) is 0 Å². The number of carbonyl (C=O) groups is 2. The van der Waals surface area contributed by atoms with Gasteiger partial charge in [0.15, 0.2) is 12.1 Å². The number of carboxylic acid groups (broad SMARTS) is 1. The molecule has 2 bridgehead atoms. The first-order chi connectivity index (χ1) is 30.2. The van der Waals surface area contributed by atoms with Gasteiger partial charge in [-0.25, -0.2) is 4.79 Å². The molecule has 360 valence electrons. The number of hydrogen-bond acceptors (Lipinski definition) is 16. The summed E-state index contributed by atoms with van der Waals surface area (Å²) >= 11 is 0. The number of nitrogens with two attached hydrogens (primary N) is 1. The Bertz CT molecular complexity index is 1690. The molecule has 2 saturated heterocycles. The highest BCUT2D eigenvalue weighted by atomic mass is 16.7. The summed E-state index contributed by atoms with van der Waals surface area (Å²) < 4.78 is 23.2. The Morgan fingerprint density at radius 3 is 1.91 bits per heavy atom. The lowest BCUT2D eigenvalue weighted by Gasteiger charge is -2.45. The maximum atomic E-state index is 12.5. The number of allylic oxidation sites excluding steroid dienone is 12. The average molecular weight is 906 g/mol. The molecule has 0 radical (unpaired) electrons. The molecule has 3 rings (SSSR count). The second-order valence-corrected chi connectivity index (χ2v) is 17.1. The number of carboxylic acids is 1. The fraction of sp³-hybridized carbons (Fsp3) is 0.617. The number of rotatable bonds is 3. The molecule has 0 aromatic carbocycles. The van der Waals surface area contributed by atoms with E-state index in [0.717, 1.165) is 6.08 Å². The molecule has 17 atom stereocenters. The molecule has 0 saturated carbocycles. The summed E-state index contributed by atoms with van der Waals surface area (Å²) in [5.41, 5.74) is 6.03. The van der Waals surface area contributed by atoms with E-state index in [0.29, 0.717) is 0 Å². The number of aliphatic hydroxyl groups is 9. The van der Waals surface area contributed by atoms with Crippen LogP contribution in [0, 0.1) is 17.8 Å². The van der Waals surface area contributed by atoms with Crippen molar-refractivity contribution in [1.82, 2.24) is 0 Å². The van der Waals surface area contributed by atoms with Gasteiger partial charge in [0.2, 0.25) is 0 Å². The van der Waals surface area contributed by atoms with Crippen molar-refractivity contribution in [2.24, 2.45) is 23.5 Å². The second-order valence-electron chi connectivity index (χ2n) is 17.1. The number of carbonyl (C=O) groups excluding carboxylic acids is 1. The molecule has 17 nitrogen and oxygen atoms in total. The van der Waals surface area contributed by atoms with Gasteiger partial charge in [-0.1, -0.05) is 98.9 Å². The highest BCUT2D eigenvalue weighted by molar-refractivity contribution is 5.82. The summed E-state index contributed by atoms with van der Waals surface area (Å²) in [6.07, 6.45) is 9.87. The lowest BCUT2D eigenvalue weighted by molar-refractivity contribution is -0.304. The minimum atomic E-state index is -2.05. The minimum Gasteiger partial charge on any atom is -0.512 e. The van der Waals surface area contributed by atoms with Crippen LogP contribution in [0.2, 0.25) is 0 Å². The molecule has 64 heavy (non-hydrogen) atoms. The zero-order valence-corrected chi connectivity index (χ0v) is 37.1. The predicted octanol–water partition coefficient (Wildman–Crippen LogP) is 2.43. The molecular weight excluding hydrogens is 835 g/mol. The van der Waals surface area contributed by atoms with Gasteiger partial charge < -0.3 is 75.7 Å². The molecule has 0 spiro atoms. The van der Waals surface area contributed by atoms with E-state index in [9.17, 15) is 60.7 Å². The zero-order valence-electron chi connectivity index (χ0n) is 37.1. The van der Waals surface area contributed by atoms with E-state index in [2.05, 4.69) is 0 Å². The monoisotopic (exact) mass is 905 g/mol. The number of cyclic esters (lactones) is 1. The summed E-state index contributed by atoms with van der Waals surface area (Å²) in [5, 5.41) is 107. The predicted molar refractivity (Wildman–Crippen MR) is 236 cm³/mol. The van der Waals surface area contributed by atoms with Gasteiger partial charge in [-0.05, 0) is 39.5 Å². The van der Waals surface area contributed by atoms with Gasteiger partial charge in [0.25, 0.3) is 0 Å². The Hall–Kier alpha value is -3.82. The first-order valence-electron chi connectivity index (χ1n) is 22.0. The van der Waals surface area contributed by atoms with Gasteiger partial charge in [0.05, 0.1) is 67.1 Å². The van der Waals surface area contributed by atoms with Gasteiger partial charge >= 0.3 is 11.9 Å². The van der Waals surface area contributed by atoms with Crippen LogP contribution < -0.4 is 5.73 Å². The maximum Gasteiger partial charge on any atom is 0.334 e. The molecule has 3 heterocycles. The van der Waals surface area contributed by atoms with Crippen LogP contribution in [0.25, 0.3) is 0 Å². The number of ether oxygens (including phenoxy) is 4. The lowest BCUT2D eigenvalue weighted by Crippen LogP contribution is -2.61. The van der Waals surface area contributed by atoms with Crippen LogP contribution >= 0.6 is 0 Å². The van der Waals surface area contributed by atoms with E-state index >= 15 is 0 Å². The fourth-order valence-electron chi connectivity index (χ4n) is 7.68. The van der Waals surface area contributed by atoms with E-state index in [1.165, 1.54) is 0 Å². The van der Waals surface area contributed by atoms with Gasteiger partial charge in [-0.3, -0.25) is 4.79 Å². The van der Waals surface area contributed by atoms with Crippen LogP contribution in [-0.2, 0) is 28.5 Å². The Kier molecular flexibility index (Phi) is 23.0. The summed E-state index contributed by atoms with van der Waals surface area (Å²) in [6, 6.07) is -1.12. The van der Waals surface area contributed by atoms with Crippen LogP contribution in [-0.4, -0.2) is 148 Å². The summed E-state index contributed by atoms with van der Waals surface area (Å²) in [7, 11) is 0. The Morgan fingerprint density at radius 1 is 0.750 bits per heavy atom. The third kappa shape index (κ3) is 17.9. The molecular formula is C47H71NO16. The van der Waals surface area contributed by atoms with Crippen molar-refractivity contribution >= 4 is 11.9 Å². The smallest absolute Gasteiger partial charge is 0.334 e. The van der Waals surface area contributed by atoms with Crippen molar-refractivity contribution in [1.29, 1.82) is 0 Å². The van der Waals surface area contributed by atoms with E-state index in [-0.39, 0.29) is 50.9 Å². The quantitative estimate of drug-likeness (QED) is 0.181. The fourth-order valence-corrected chi connectivity index (χ4v) is 7.68. The van der Waals surface area contributed by atoms with E-state index < -0.39 is 121 Å². The van der Waals surface area contributed by atoms with Gasteiger partial charge in [0, 0.05) is 37.5 Å². The van der Waals surface area contributed by atoms with Crippen molar-refractivity contribution in [3.63, 3.8) is 0 Å². The van der Waals surface area contributed by atoms with Crippen LogP contribution in [0.3, 0.4) is 0 Å². The molecule has 12 N–H and O–H groups in total. The molecule has 0 aliphatic carbocycles. The number of esters is 1. The zero-order chi connectivity index (χ0) is 47.6. The SMILES string of the molecule is CC1OC(O[C@H]2/C=C/C=C/C=C/C=C/C=C/C=C/C=C/[C@H](C)[C@@H](O)[C@@H](C)[C@H](C)OC(=O)/C=C(\O)C[C@H](O)CC[C@@H](O)[C@H](O)CCC[C@]3(O)C[C@H](O)[C@@H](C(=O)O)[C@H](C2)O3)C(O)C(N)C1O. The number of aliphatic hydroxyl groups excluding tert-OH is 8. The molecule has 3 aliphatic heterocycles. The molecule has 2 fully saturated rings. The average Bonchev–Trinajstić information content (AvgIpc) is 3.22. The number of fused-ring (bicyclic) bond motifs is 2. The van der Waals surface area contributed by atoms with E-state index in [1.54, 1.807) is 75.5 Å². The maximum absolute atomic E-state index is 12.5. The lowest BCUT2D eigenvalue weighted by atomic mass is 9.83. The van der Waals surface area contributed by atoms with Crippen LogP contribution in [0.1, 0.15) is 79.1 Å². The summed E-state index contributed by atoms with van der Waals surface area (Å²) in [4.78, 5) is 25.0. The molecule has 5 unspecified atom stereocenters. The molecule has 0 aromatic rings. The molecule has 0 amide bonds. The Balaban J connectivity index is 1.85. The molecule has 3 aliphatic rings. The molecule has 0 aromatic heterocycles. The Labute approximate surface area is 375 Å². The van der Waals surface area contributed by atoms with Crippen molar-refractivity contribution in [2.75, 3.05) is 0 Å². The van der Waals surface area contributed by atoms with E-state index in [1.807, 2.05) is 37.3 Å². The van der Waals surface area contributed by atoms with Crippen LogP contribution in [0.15, 0.2) is 96.9 Å². The first kappa shape index (κ1) is 54.5. The van der Waals surface area contributed by atoms with E-state index in [4.69, 9.17) is 24.7 Å². The largest absolute Gasteiger partial charge is 0.512 e. The van der Waals surface area contributed by atoms with Gasteiger partial charge in [-0.2, -0.15) is 0 Å². The van der Waals surface area contributed by atoms with Crippen molar-refractivity contribution in [3.05, 3.63) is 96.9 Å².